The number of ether oxygens (including phenoxy) is 4. The van der Waals surface area contributed by atoms with E-state index in [-0.39, 0.29) is 25.7 Å². The van der Waals surface area contributed by atoms with Crippen LogP contribution in [-0.2, 0) is 65.4 Å². The number of phosphoric acid groups is 2. The largest absolute Gasteiger partial charge is 0.472 e. The molecule has 0 saturated heterocycles. The molecule has 5 atom stereocenters. The van der Waals surface area contributed by atoms with Gasteiger partial charge in [-0.15, -0.1) is 0 Å². The number of phosphoric ester groups is 2. The summed E-state index contributed by atoms with van der Waals surface area (Å²) >= 11 is 0. The van der Waals surface area contributed by atoms with Crippen LogP contribution in [0.15, 0.2) is 0 Å². The van der Waals surface area contributed by atoms with Gasteiger partial charge in [-0.3, -0.25) is 37.3 Å². The van der Waals surface area contributed by atoms with E-state index in [2.05, 4.69) is 34.6 Å². The van der Waals surface area contributed by atoms with Crippen LogP contribution in [0.5, 0.6) is 0 Å². The number of hydrogen-bond donors (Lipinski definition) is 3. The summed E-state index contributed by atoms with van der Waals surface area (Å²) in [5, 5.41) is 10.6. The molecule has 564 valence electrons. The van der Waals surface area contributed by atoms with Gasteiger partial charge in [-0.2, -0.15) is 0 Å². The summed E-state index contributed by atoms with van der Waals surface area (Å²) in [6, 6.07) is 0. The van der Waals surface area contributed by atoms with Crippen LogP contribution < -0.4 is 0 Å². The first-order chi connectivity index (χ1) is 46.0. The van der Waals surface area contributed by atoms with E-state index in [9.17, 15) is 43.2 Å². The fourth-order valence-electron chi connectivity index (χ4n) is 11.7. The molecule has 0 aromatic rings. The molecule has 0 aliphatic carbocycles. The van der Waals surface area contributed by atoms with E-state index >= 15 is 0 Å². The van der Waals surface area contributed by atoms with Gasteiger partial charge in [-0.05, 0) is 31.6 Å². The van der Waals surface area contributed by atoms with Crippen LogP contribution in [0.2, 0.25) is 0 Å². The van der Waals surface area contributed by atoms with Crippen molar-refractivity contribution in [2.75, 3.05) is 39.6 Å². The van der Waals surface area contributed by atoms with Crippen LogP contribution in [0.25, 0.3) is 0 Å². The van der Waals surface area contributed by atoms with Gasteiger partial charge in [-0.1, -0.05) is 349 Å². The lowest BCUT2D eigenvalue weighted by Crippen LogP contribution is -2.30. The summed E-state index contributed by atoms with van der Waals surface area (Å²) in [5.41, 5.74) is 0. The van der Waals surface area contributed by atoms with Gasteiger partial charge < -0.3 is 33.8 Å². The summed E-state index contributed by atoms with van der Waals surface area (Å²) < 4.78 is 68.4. The first-order valence-electron chi connectivity index (χ1n) is 39.6. The van der Waals surface area contributed by atoms with Crippen molar-refractivity contribution in [1.82, 2.24) is 0 Å². The lowest BCUT2D eigenvalue weighted by atomic mass is 10.0. The quantitative estimate of drug-likeness (QED) is 0.0222. The minimum atomic E-state index is -4.96. The van der Waals surface area contributed by atoms with Crippen LogP contribution in [0.1, 0.15) is 401 Å². The lowest BCUT2D eigenvalue weighted by molar-refractivity contribution is -0.161. The fourth-order valence-corrected chi connectivity index (χ4v) is 13.3. The highest BCUT2D eigenvalue weighted by molar-refractivity contribution is 7.47. The zero-order chi connectivity index (χ0) is 69.8. The number of carbonyl (C=O) groups is 4. The van der Waals surface area contributed by atoms with Crippen molar-refractivity contribution in [3.63, 3.8) is 0 Å². The summed E-state index contributed by atoms with van der Waals surface area (Å²) in [5.74, 6) is -1.42. The number of aliphatic hydroxyl groups excluding tert-OH is 1. The van der Waals surface area contributed by atoms with Gasteiger partial charge in [0.1, 0.15) is 19.3 Å². The summed E-state index contributed by atoms with van der Waals surface area (Å²) in [4.78, 5) is 72.7. The molecule has 0 amide bonds. The van der Waals surface area contributed by atoms with Crippen molar-refractivity contribution in [3.05, 3.63) is 0 Å². The molecular formula is C76H148O17P2. The minimum absolute atomic E-state index is 0.104. The van der Waals surface area contributed by atoms with Crippen LogP contribution in [0.3, 0.4) is 0 Å². The van der Waals surface area contributed by atoms with Crippen LogP contribution >= 0.6 is 15.6 Å². The van der Waals surface area contributed by atoms with Crippen molar-refractivity contribution >= 4 is 39.5 Å². The molecule has 0 aliphatic heterocycles. The van der Waals surface area contributed by atoms with E-state index in [1.54, 1.807) is 0 Å². The molecule has 0 saturated carbocycles. The molecule has 0 spiro atoms. The van der Waals surface area contributed by atoms with Gasteiger partial charge in [0.25, 0.3) is 0 Å². The Kier molecular flexibility index (Phi) is 67.7. The van der Waals surface area contributed by atoms with E-state index in [4.69, 9.17) is 37.0 Å². The van der Waals surface area contributed by atoms with Gasteiger partial charge in [-0.25, -0.2) is 9.13 Å². The second-order valence-corrected chi connectivity index (χ2v) is 30.8. The van der Waals surface area contributed by atoms with E-state index in [1.807, 2.05) is 0 Å². The first kappa shape index (κ1) is 93.1. The van der Waals surface area contributed by atoms with Crippen LogP contribution in [-0.4, -0.2) is 96.7 Å². The van der Waals surface area contributed by atoms with Crippen LogP contribution in [0, 0.1) is 5.92 Å². The van der Waals surface area contributed by atoms with Gasteiger partial charge >= 0.3 is 39.5 Å². The maximum absolute atomic E-state index is 13.1. The Morgan fingerprint density at radius 2 is 0.484 bits per heavy atom. The first-order valence-corrected chi connectivity index (χ1v) is 42.6. The number of rotatable bonds is 76. The van der Waals surface area contributed by atoms with Crippen molar-refractivity contribution < 1.29 is 80.2 Å². The third-order valence-corrected chi connectivity index (χ3v) is 19.7. The smallest absolute Gasteiger partial charge is 0.462 e. The molecule has 0 fully saturated rings. The predicted molar refractivity (Wildman–Crippen MR) is 386 cm³/mol. The summed E-state index contributed by atoms with van der Waals surface area (Å²) in [6.45, 7) is 7.21. The van der Waals surface area contributed by atoms with Gasteiger partial charge in [0.05, 0.1) is 26.4 Å². The molecular weight excluding hydrogens is 1250 g/mol. The lowest BCUT2D eigenvalue weighted by Gasteiger charge is -2.21. The molecule has 0 radical (unpaired) electrons. The Hall–Kier alpha value is -1.94. The monoisotopic (exact) mass is 1400 g/mol. The van der Waals surface area contributed by atoms with Gasteiger partial charge in [0, 0.05) is 25.7 Å². The summed E-state index contributed by atoms with van der Waals surface area (Å²) in [6.07, 6.45) is 58.5. The van der Waals surface area contributed by atoms with Crippen molar-refractivity contribution in [1.29, 1.82) is 0 Å². The highest BCUT2D eigenvalue weighted by atomic mass is 31.2. The molecule has 0 rings (SSSR count). The Balaban J connectivity index is 5.20. The molecule has 19 heteroatoms. The average Bonchev–Trinajstić information content (AvgIpc) is 2.64. The Morgan fingerprint density at radius 1 is 0.284 bits per heavy atom. The molecule has 95 heavy (non-hydrogen) atoms. The van der Waals surface area contributed by atoms with E-state index < -0.39 is 97.5 Å². The number of unbranched alkanes of at least 4 members (excludes halogenated alkanes) is 48. The number of hydrogen-bond acceptors (Lipinski definition) is 15. The summed E-state index contributed by atoms with van der Waals surface area (Å²) in [7, 11) is -9.91. The van der Waals surface area contributed by atoms with E-state index in [0.717, 1.165) is 89.9 Å². The maximum Gasteiger partial charge on any atom is 0.472 e. The number of esters is 4. The molecule has 0 aliphatic rings. The highest BCUT2D eigenvalue weighted by Crippen LogP contribution is 2.45. The fraction of sp³-hybridized carbons (Fsp3) is 0.947. The maximum atomic E-state index is 13.1. The SMILES string of the molecule is CCCCCCCCCCCCCCCCCCCCCC(=O)O[C@H](COC(=O)CCCCCCCCCCCCCCCCCCC)COP(=O)(O)OC[C@@H](O)COP(=O)(O)OC[C@@H](COC(=O)CCCCCCCCCCC)OC(=O)CCCCCCCCCC(C)C. The molecule has 17 nitrogen and oxygen atoms in total. The predicted octanol–water partition coefficient (Wildman–Crippen LogP) is 22.5. The minimum Gasteiger partial charge on any atom is -0.462 e. The van der Waals surface area contributed by atoms with Crippen LogP contribution in [0.4, 0.5) is 0 Å². The zero-order valence-electron chi connectivity index (χ0n) is 61.8. The van der Waals surface area contributed by atoms with Gasteiger partial charge in [0.15, 0.2) is 12.2 Å². The molecule has 0 heterocycles. The third-order valence-electron chi connectivity index (χ3n) is 17.8. The third kappa shape index (κ3) is 70.3. The molecule has 0 aromatic carbocycles. The van der Waals surface area contributed by atoms with Gasteiger partial charge in [0.2, 0.25) is 0 Å². The Morgan fingerprint density at radius 3 is 0.716 bits per heavy atom. The van der Waals surface area contributed by atoms with Crippen molar-refractivity contribution in [3.8, 4) is 0 Å². The number of aliphatic hydroxyl groups is 1. The van der Waals surface area contributed by atoms with E-state index in [0.29, 0.717) is 31.6 Å². The Bertz CT molecular complexity index is 1820. The second-order valence-electron chi connectivity index (χ2n) is 27.9. The molecule has 2 unspecified atom stereocenters. The second kappa shape index (κ2) is 69.2. The number of carbonyl (C=O) groups excluding carboxylic acids is 4. The normalized spacial score (nSPS) is 13.9. The average molecular weight is 1400 g/mol. The van der Waals surface area contributed by atoms with Crippen molar-refractivity contribution in [2.45, 2.75) is 419 Å². The van der Waals surface area contributed by atoms with Crippen molar-refractivity contribution in [2.24, 2.45) is 5.92 Å². The highest BCUT2D eigenvalue weighted by Gasteiger charge is 2.30. The standard InChI is InChI=1S/C76H148O17P2/c1-6-9-12-15-18-21-23-25-27-29-30-32-34-36-38-41-46-51-56-61-75(80)92-71(65-87-74(79)60-55-50-45-40-37-35-33-31-28-26-24-22-19-16-13-10-7-2)67-90-94(82,83)88-63-70(77)64-89-95(84,85)91-68-72(66-86-73(78)59-54-49-44-39-20-17-14-11-8-3)93-76(81)62-57-52-47-42-43-48-53-58-69(4)5/h69-72,77H,6-68H2,1-5H3,(H,82,83)(H,84,85)/t70-,71-,72-/m1/s1. The Labute approximate surface area is 581 Å². The zero-order valence-corrected chi connectivity index (χ0v) is 63.6. The molecule has 3 N–H and O–H groups in total. The molecule has 0 bridgehead atoms. The topological polar surface area (TPSA) is 237 Å². The molecule has 0 aromatic heterocycles. The van der Waals surface area contributed by atoms with E-state index in [1.165, 1.54) is 225 Å².